The van der Waals surface area contributed by atoms with Crippen molar-refractivity contribution in [1.29, 1.82) is 0 Å². The van der Waals surface area contributed by atoms with E-state index in [-0.39, 0.29) is 12.3 Å². The van der Waals surface area contributed by atoms with Crippen LogP contribution in [-0.2, 0) is 11.2 Å². The number of aryl methyl sites for hydroxylation is 1. The average Bonchev–Trinajstić information content (AvgIpc) is 3.30. The molecule has 1 amide bonds. The summed E-state index contributed by atoms with van der Waals surface area (Å²) in [7, 11) is 0. The maximum Gasteiger partial charge on any atom is 0.227 e. The van der Waals surface area contributed by atoms with Gasteiger partial charge in [-0.25, -0.2) is 0 Å². The lowest BCUT2D eigenvalue weighted by atomic mass is 10.2. The molecule has 2 heterocycles. The maximum atomic E-state index is 12.2. The molecule has 0 atom stereocenters. The van der Waals surface area contributed by atoms with Crippen molar-refractivity contribution < 1.29 is 14.1 Å². The van der Waals surface area contributed by atoms with Gasteiger partial charge in [-0.05, 0) is 30.0 Å². The number of nitrogens with zero attached hydrogens (tertiary/aromatic N) is 2. The minimum absolute atomic E-state index is 0.122. The lowest BCUT2D eigenvalue weighted by Crippen LogP contribution is -2.13. The standard InChI is InChI=1S/C18H19N3O3S/c1-2-10-23-15-6-4-3-5-14(15)19-16(22)7-8-17-20-18(21-24-17)13-9-11-25-12-13/h3-6,9,11-12H,2,7-8,10H2,1H3,(H,19,22). The Labute approximate surface area is 149 Å². The largest absolute Gasteiger partial charge is 0.491 e. The fourth-order valence-electron chi connectivity index (χ4n) is 2.21. The van der Waals surface area contributed by atoms with Crippen LogP contribution < -0.4 is 10.1 Å². The molecule has 0 saturated heterocycles. The van der Waals surface area contributed by atoms with E-state index in [1.807, 2.05) is 48.0 Å². The Morgan fingerprint density at radius 3 is 3.00 bits per heavy atom. The van der Waals surface area contributed by atoms with Crippen molar-refractivity contribution in [3.05, 3.63) is 47.0 Å². The first-order valence-corrected chi connectivity index (χ1v) is 9.07. The number of para-hydroxylation sites is 2. The van der Waals surface area contributed by atoms with Crippen molar-refractivity contribution >= 4 is 22.9 Å². The van der Waals surface area contributed by atoms with Crippen LogP contribution in [0.3, 0.4) is 0 Å². The number of hydrogen-bond acceptors (Lipinski definition) is 6. The monoisotopic (exact) mass is 357 g/mol. The van der Waals surface area contributed by atoms with Gasteiger partial charge in [-0.3, -0.25) is 4.79 Å². The number of nitrogens with one attached hydrogen (secondary N) is 1. The summed E-state index contributed by atoms with van der Waals surface area (Å²) in [4.78, 5) is 16.5. The third-order valence-corrected chi connectivity index (χ3v) is 4.12. The Bertz CT molecular complexity index is 815. The first-order valence-electron chi connectivity index (χ1n) is 8.13. The van der Waals surface area contributed by atoms with Crippen molar-refractivity contribution in [3.63, 3.8) is 0 Å². The van der Waals surface area contributed by atoms with Crippen molar-refractivity contribution in [1.82, 2.24) is 10.1 Å². The summed E-state index contributed by atoms with van der Waals surface area (Å²) >= 11 is 1.57. The fraction of sp³-hybridized carbons (Fsp3) is 0.278. The van der Waals surface area contributed by atoms with Gasteiger partial charge in [0.05, 0.1) is 12.3 Å². The Morgan fingerprint density at radius 2 is 2.20 bits per heavy atom. The highest BCUT2D eigenvalue weighted by atomic mass is 32.1. The molecule has 0 fully saturated rings. The predicted molar refractivity (Wildman–Crippen MR) is 96.8 cm³/mol. The second-order valence-corrected chi connectivity index (χ2v) is 6.20. The van der Waals surface area contributed by atoms with Gasteiger partial charge in [0, 0.05) is 23.8 Å². The lowest BCUT2D eigenvalue weighted by Gasteiger charge is -2.11. The van der Waals surface area contributed by atoms with Crippen LogP contribution in [0.2, 0.25) is 0 Å². The van der Waals surface area contributed by atoms with Crippen LogP contribution in [0.4, 0.5) is 5.69 Å². The van der Waals surface area contributed by atoms with Gasteiger partial charge in [-0.1, -0.05) is 24.2 Å². The van der Waals surface area contributed by atoms with Gasteiger partial charge in [0.2, 0.25) is 17.6 Å². The van der Waals surface area contributed by atoms with Crippen LogP contribution in [0, 0.1) is 0 Å². The Balaban J connectivity index is 1.55. The SMILES string of the molecule is CCCOc1ccccc1NC(=O)CCc1nc(-c2ccsc2)no1. The van der Waals surface area contributed by atoms with Gasteiger partial charge in [0.15, 0.2) is 0 Å². The third-order valence-electron chi connectivity index (χ3n) is 3.44. The molecule has 0 bridgehead atoms. The van der Waals surface area contributed by atoms with Crippen molar-refractivity contribution in [2.45, 2.75) is 26.2 Å². The molecule has 7 heteroatoms. The van der Waals surface area contributed by atoms with E-state index in [2.05, 4.69) is 15.5 Å². The number of carbonyl (C=O) groups is 1. The number of anilines is 1. The first-order chi connectivity index (χ1) is 12.3. The summed E-state index contributed by atoms with van der Waals surface area (Å²) in [6, 6.07) is 9.34. The number of carbonyl (C=O) groups excluding carboxylic acids is 1. The smallest absolute Gasteiger partial charge is 0.227 e. The zero-order valence-electron chi connectivity index (χ0n) is 13.9. The molecule has 0 unspecified atom stereocenters. The number of thiophene rings is 1. The van der Waals surface area contributed by atoms with Gasteiger partial charge in [0.25, 0.3) is 0 Å². The van der Waals surface area contributed by atoms with Gasteiger partial charge in [-0.2, -0.15) is 16.3 Å². The molecule has 25 heavy (non-hydrogen) atoms. The van der Waals surface area contributed by atoms with Gasteiger partial charge in [0.1, 0.15) is 5.75 Å². The molecule has 130 valence electrons. The molecular weight excluding hydrogens is 338 g/mol. The van der Waals surface area contributed by atoms with Crippen LogP contribution in [0.1, 0.15) is 25.7 Å². The van der Waals surface area contributed by atoms with Crippen LogP contribution in [0.25, 0.3) is 11.4 Å². The molecule has 0 spiro atoms. The molecule has 0 aliphatic carbocycles. The van der Waals surface area contributed by atoms with Gasteiger partial charge < -0.3 is 14.6 Å². The Hall–Kier alpha value is -2.67. The molecule has 1 N–H and O–H groups in total. The number of ether oxygens (including phenoxy) is 1. The molecule has 3 rings (SSSR count). The van der Waals surface area contributed by atoms with Crippen molar-refractivity contribution in [2.24, 2.45) is 0 Å². The molecule has 0 aliphatic heterocycles. The van der Waals surface area contributed by atoms with Crippen LogP contribution in [-0.4, -0.2) is 22.7 Å². The number of amides is 1. The summed E-state index contributed by atoms with van der Waals surface area (Å²) in [5.41, 5.74) is 1.59. The molecule has 0 radical (unpaired) electrons. The zero-order chi connectivity index (χ0) is 17.5. The van der Waals surface area contributed by atoms with Crippen molar-refractivity contribution in [3.8, 4) is 17.1 Å². The minimum Gasteiger partial charge on any atom is -0.491 e. The molecule has 3 aromatic rings. The van der Waals surface area contributed by atoms with E-state index in [0.29, 0.717) is 36.2 Å². The maximum absolute atomic E-state index is 12.2. The van der Waals surface area contributed by atoms with Gasteiger partial charge >= 0.3 is 0 Å². The number of rotatable bonds is 8. The highest BCUT2D eigenvalue weighted by molar-refractivity contribution is 7.08. The van der Waals surface area contributed by atoms with E-state index in [1.54, 1.807) is 11.3 Å². The Kier molecular flexibility index (Phi) is 5.79. The number of aromatic nitrogens is 2. The summed E-state index contributed by atoms with van der Waals surface area (Å²) in [6.07, 6.45) is 1.56. The second-order valence-electron chi connectivity index (χ2n) is 5.42. The lowest BCUT2D eigenvalue weighted by molar-refractivity contribution is -0.116. The highest BCUT2D eigenvalue weighted by Gasteiger charge is 2.12. The zero-order valence-corrected chi connectivity index (χ0v) is 14.7. The fourth-order valence-corrected chi connectivity index (χ4v) is 2.84. The van der Waals surface area contributed by atoms with Gasteiger partial charge in [-0.15, -0.1) is 0 Å². The van der Waals surface area contributed by atoms with Crippen LogP contribution in [0.5, 0.6) is 5.75 Å². The summed E-state index contributed by atoms with van der Waals surface area (Å²) in [5, 5.41) is 10.7. The highest BCUT2D eigenvalue weighted by Crippen LogP contribution is 2.24. The third kappa shape index (κ3) is 4.67. The quantitative estimate of drug-likeness (QED) is 0.655. The van der Waals surface area contributed by atoms with E-state index >= 15 is 0 Å². The van der Waals surface area contributed by atoms with Crippen LogP contribution in [0.15, 0.2) is 45.6 Å². The van der Waals surface area contributed by atoms with E-state index < -0.39 is 0 Å². The van der Waals surface area contributed by atoms with E-state index in [0.717, 1.165) is 12.0 Å². The molecule has 6 nitrogen and oxygen atoms in total. The Morgan fingerprint density at radius 1 is 1.32 bits per heavy atom. The normalized spacial score (nSPS) is 10.6. The summed E-state index contributed by atoms with van der Waals surface area (Å²) in [5.74, 6) is 1.56. The van der Waals surface area contributed by atoms with E-state index in [9.17, 15) is 4.79 Å². The topological polar surface area (TPSA) is 77.2 Å². The first kappa shape index (κ1) is 17.2. The minimum atomic E-state index is -0.122. The second kappa shape index (κ2) is 8.43. The predicted octanol–water partition coefficient (Wildman–Crippen LogP) is 4.16. The van der Waals surface area contributed by atoms with Crippen molar-refractivity contribution in [2.75, 3.05) is 11.9 Å². The molecule has 2 aromatic heterocycles. The summed E-state index contributed by atoms with van der Waals surface area (Å²) in [6.45, 7) is 2.65. The summed E-state index contributed by atoms with van der Waals surface area (Å²) < 4.78 is 10.8. The molecular formula is C18H19N3O3S. The molecule has 0 saturated carbocycles. The molecule has 0 aliphatic rings. The van der Waals surface area contributed by atoms with Crippen LogP contribution >= 0.6 is 11.3 Å². The van der Waals surface area contributed by atoms with E-state index in [4.69, 9.17) is 9.26 Å². The number of hydrogen-bond donors (Lipinski definition) is 1. The number of benzene rings is 1. The molecule has 1 aromatic carbocycles. The average molecular weight is 357 g/mol. The van der Waals surface area contributed by atoms with E-state index in [1.165, 1.54) is 0 Å².